The summed E-state index contributed by atoms with van der Waals surface area (Å²) in [5.41, 5.74) is 2.84. The molecule has 2 aromatic heterocycles. The molecule has 0 bridgehead atoms. The molecule has 4 rings (SSSR count). The molecule has 0 unspecified atom stereocenters. The molecule has 7 nitrogen and oxygen atoms in total. The van der Waals surface area contributed by atoms with E-state index in [1.807, 2.05) is 30.3 Å². The number of H-pyrrole nitrogens is 1. The molecule has 3 aromatic rings. The molecule has 1 aliphatic rings. The van der Waals surface area contributed by atoms with Crippen LogP contribution in [0.15, 0.2) is 46.5 Å². The van der Waals surface area contributed by atoms with Crippen molar-refractivity contribution in [3.8, 4) is 0 Å². The highest BCUT2D eigenvalue weighted by Gasteiger charge is 2.23. The predicted molar refractivity (Wildman–Crippen MR) is 97.5 cm³/mol. The Morgan fingerprint density at radius 1 is 1.23 bits per heavy atom. The monoisotopic (exact) mass is 370 g/mol. The van der Waals surface area contributed by atoms with E-state index in [1.54, 1.807) is 6.20 Å². The highest BCUT2D eigenvalue weighted by Crippen LogP contribution is 2.21. The summed E-state index contributed by atoms with van der Waals surface area (Å²) in [4.78, 5) is 25.4. The van der Waals surface area contributed by atoms with Gasteiger partial charge in [-0.05, 0) is 17.7 Å². The number of sulfone groups is 1. The zero-order valence-electron chi connectivity index (χ0n) is 14.3. The van der Waals surface area contributed by atoms with Crippen molar-refractivity contribution in [1.29, 1.82) is 0 Å². The average Bonchev–Trinajstić information content (AvgIpc) is 2.61. The van der Waals surface area contributed by atoms with Gasteiger partial charge in [-0.2, -0.15) is 0 Å². The average molecular weight is 370 g/mol. The van der Waals surface area contributed by atoms with Crippen molar-refractivity contribution in [1.82, 2.24) is 19.9 Å². The van der Waals surface area contributed by atoms with E-state index in [-0.39, 0.29) is 10.7 Å². The third-order valence-corrected chi connectivity index (χ3v) is 5.51. The van der Waals surface area contributed by atoms with Crippen LogP contribution in [0.2, 0.25) is 0 Å². The lowest BCUT2D eigenvalue weighted by Crippen LogP contribution is -2.36. The van der Waals surface area contributed by atoms with Gasteiger partial charge in [0, 0.05) is 43.9 Å². The molecule has 1 aromatic carbocycles. The van der Waals surface area contributed by atoms with Crippen LogP contribution in [0.5, 0.6) is 0 Å². The number of hydrogen-bond acceptors (Lipinski definition) is 6. The zero-order valence-corrected chi connectivity index (χ0v) is 15.1. The minimum absolute atomic E-state index is 0.255. The van der Waals surface area contributed by atoms with Gasteiger partial charge in [0.25, 0.3) is 5.56 Å². The van der Waals surface area contributed by atoms with Crippen LogP contribution in [0.3, 0.4) is 0 Å². The van der Waals surface area contributed by atoms with Crippen LogP contribution in [0.4, 0.5) is 0 Å². The minimum Gasteiger partial charge on any atom is -0.297 e. The Balaban J connectivity index is 1.64. The highest BCUT2D eigenvalue weighted by atomic mass is 32.2. The van der Waals surface area contributed by atoms with E-state index in [4.69, 9.17) is 0 Å². The van der Waals surface area contributed by atoms with Crippen molar-refractivity contribution in [3.63, 3.8) is 0 Å². The van der Waals surface area contributed by atoms with Crippen molar-refractivity contribution in [2.75, 3.05) is 12.8 Å². The fourth-order valence-electron chi connectivity index (χ4n) is 3.30. The standard InChI is InChI=1S/C18H18N4O3S/c1-26(24,25)18-20-16-7-9-22(11-14(16)17(23)21-18)10-12-6-8-19-15-5-3-2-4-13(12)15/h2-6,8H,7,9-11H2,1H3,(H,20,21,23). The SMILES string of the molecule is CS(=O)(=O)c1nc2c(c(=O)[nH]1)CN(Cc1ccnc3ccccc13)CC2. The second-order valence-electron chi connectivity index (χ2n) is 6.52. The first kappa shape index (κ1) is 16.9. The van der Waals surface area contributed by atoms with Gasteiger partial charge in [0.05, 0.1) is 16.8 Å². The van der Waals surface area contributed by atoms with Crippen LogP contribution in [0.25, 0.3) is 10.9 Å². The third kappa shape index (κ3) is 3.13. The molecule has 0 saturated heterocycles. The van der Waals surface area contributed by atoms with Gasteiger partial charge in [-0.15, -0.1) is 0 Å². The third-order valence-electron chi connectivity index (χ3n) is 4.61. The number of fused-ring (bicyclic) bond motifs is 2. The zero-order chi connectivity index (χ0) is 18.3. The van der Waals surface area contributed by atoms with Gasteiger partial charge < -0.3 is 0 Å². The van der Waals surface area contributed by atoms with Crippen LogP contribution >= 0.6 is 0 Å². The Labute approximate surface area is 150 Å². The summed E-state index contributed by atoms with van der Waals surface area (Å²) in [6.45, 7) is 1.84. The summed E-state index contributed by atoms with van der Waals surface area (Å²) in [7, 11) is -3.53. The van der Waals surface area contributed by atoms with Crippen LogP contribution in [-0.4, -0.2) is 41.1 Å². The first-order chi connectivity index (χ1) is 12.4. The van der Waals surface area contributed by atoms with E-state index >= 15 is 0 Å². The predicted octanol–water partition coefficient (Wildman–Crippen LogP) is 1.28. The molecule has 0 amide bonds. The van der Waals surface area contributed by atoms with Crippen LogP contribution in [0.1, 0.15) is 16.8 Å². The number of rotatable bonds is 3. The second-order valence-corrected chi connectivity index (χ2v) is 8.45. The van der Waals surface area contributed by atoms with Gasteiger partial charge in [-0.1, -0.05) is 18.2 Å². The quantitative estimate of drug-likeness (QED) is 0.698. The summed E-state index contributed by atoms with van der Waals surface area (Å²) >= 11 is 0. The van der Waals surface area contributed by atoms with Gasteiger partial charge in [0.1, 0.15) is 0 Å². The molecular formula is C18H18N4O3S. The number of aromatic amines is 1. The highest BCUT2D eigenvalue weighted by molar-refractivity contribution is 7.90. The normalized spacial score (nSPS) is 15.1. The van der Waals surface area contributed by atoms with Gasteiger partial charge in [0.15, 0.2) is 0 Å². The van der Waals surface area contributed by atoms with E-state index in [0.29, 0.717) is 37.3 Å². The molecule has 1 aliphatic heterocycles. The number of nitrogens with one attached hydrogen (secondary N) is 1. The van der Waals surface area contributed by atoms with Crippen molar-refractivity contribution in [2.24, 2.45) is 0 Å². The minimum atomic E-state index is -3.53. The maximum atomic E-state index is 12.3. The molecule has 0 atom stereocenters. The fourth-order valence-corrected chi connectivity index (χ4v) is 3.86. The summed E-state index contributed by atoms with van der Waals surface area (Å²) in [6, 6.07) is 9.96. The maximum absolute atomic E-state index is 12.3. The summed E-state index contributed by atoms with van der Waals surface area (Å²) in [5, 5.41) is 0.843. The van der Waals surface area contributed by atoms with Crippen LogP contribution in [-0.2, 0) is 29.3 Å². The fraction of sp³-hybridized carbons (Fsp3) is 0.278. The van der Waals surface area contributed by atoms with Crippen molar-refractivity contribution >= 4 is 20.7 Å². The van der Waals surface area contributed by atoms with Gasteiger partial charge in [0.2, 0.25) is 15.0 Å². The number of hydrogen-bond donors (Lipinski definition) is 1. The summed E-state index contributed by atoms with van der Waals surface area (Å²) in [5.74, 6) is 0. The Hall–Kier alpha value is -2.58. The molecule has 0 fully saturated rings. The molecular weight excluding hydrogens is 352 g/mol. The lowest BCUT2D eigenvalue weighted by molar-refractivity contribution is 0.241. The molecule has 0 saturated carbocycles. The molecule has 0 aliphatic carbocycles. The first-order valence-electron chi connectivity index (χ1n) is 8.29. The Bertz CT molecular complexity index is 1150. The van der Waals surface area contributed by atoms with E-state index in [2.05, 4.69) is 19.9 Å². The lowest BCUT2D eigenvalue weighted by atomic mass is 10.0. The van der Waals surface area contributed by atoms with Crippen molar-refractivity contribution < 1.29 is 8.42 Å². The Morgan fingerprint density at radius 2 is 2.04 bits per heavy atom. The number of aromatic nitrogens is 3. The number of nitrogens with zero attached hydrogens (tertiary/aromatic N) is 3. The van der Waals surface area contributed by atoms with Gasteiger partial charge in [-0.25, -0.2) is 13.4 Å². The lowest BCUT2D eigenvalue weighted by Gasteiger charge is -2.28. The molecule has 8 heteroatoms. The topological polar surface area (TPSA) is 96.0 Å². The van der Waals surface area contributed by atoms with Crippen molar-refractivity contribution in [2.45, 2.75) is 24.7 Å². The molecule has 1 N–H and O–H groups in total. The van der Waals surface area contributed by atoms with Crippen molar-refractivity contribution in [3.05, 3.63) is 63.7 Å². The molecule has 134 valence electrons. The number of para-hydroxylation sites is 1. The molecule has 26 heavy (non-hydrogen) atoms. The number of benzene rings is 1. The summed E-state index contributed by atoms with van der Waals surface area (Å²) in [6.07, 6.45) is 3.38. The Kier molecular flexibility index (Phi) is 4.08. The Morgan fingerprint density at radius 3 is 2.85 bits per heavy atom. The van der Waals surface area contributed by atoms with E-state index < -0.39 is 9.84 Å². The smallest absolute Gasteiger partial charge is 0.256 e. The van der Waals surface area contributed by atoms with Gasteiger partial charge >= 0.3 is 0 Å². The second kappa shape index (κ2) is 6.30. The largest absolute Gasteiger partial charge is 0.297 e. The molecule has 0 spiro atoms. The van der Waals surface area contributed by atoms with E-state index in [0.717, 1.165) is 22.7 Å². The maximum Gasteiger partial charge on any atom is 0.256 e. The van der Waals surface area contributed by atoms with E-state index in [1.165, 1.54) is 0 Å². The van der Waals surface area contributed by atoms with Crippen LogP contribution in [0, 0.1) is 0 Å². The molecule has 3 heterocycles. The van der Waals surface area contributed by atoms with Crippen LogP contribution < -0.4 is 5.56 Å². The van der Waals surface area contributed by atoms with Gasteiger partial charge in [-0.3, -0.25) is 19.7 Å². The van der Waals surface area contributed by atoms with E-state index in [9.17, 15) is 13.2 Å². The number of pyridine rings is 1. The molecule has 0 radical (unpaired) electrons. The summed E-state index contributed by atoms with van der Waals surface area (Å²) < 4.78 is 23.3. The first-order valence-corrected chi connectivity index (χ1v) is 10.2.